The second-order valence-electron chi connectivity index (χ2n) is 2.62. The molecule has 0 saturated carbocycles. The van der Waals surface area contributed by atoms with E-state index < -0.39 is 8.80 Å². The maximum absolute atomic E-state index is 9.00. The molecule has 1 atom stereocenters. The van der Waals surface area contributed by atoms with Crippen molar-refractivity contribution in [3.63, 3.8) is 0 Å². The second kappa shape index (κ2) is 3.39. The normalized spacial score (nSPS) is 12.5. The van der Waals surface area contributed by atoms with Crippen LogP contribution in [-0.4, -0.2) is 13.9 Å². The zero-order valence-electron chi connectivity index (χ0n) is 6.62. The van der Waals surface area contributed by atoms with Crippen molar-refractivity contribution in [2.45, 2.75) is 6.55 Å². The predicted molar refractivity (Wildman–Crippen MR) is 51.0 cm³/mol. The Kier molecular flexibility index (Phi) is 2.49. The van der Waals surface area contributed by atoms with E-state index >= 15 is 0 Å². The first kappa shape index (κ1) is 8.08. The van der Waals surface area contributed by atoms with E-state index in [4.69, 9.17) is 5.11 Å². The van der Waals surface area contributed by atoms with Gasteiger partial charge in [-0.25, -0.2) is 0 Å². The molecule has 1 aromatic carbocycles. The zero-order chi connectivity index (χ0) is 8.27. The van der Waals surface area contributed by atoms with Crippen molar-refractivity contribution in [2.24, 2.45) is 0 Å². The summed E-state index contributed by atoms with van der Waals surface area (Å²) < 4.78 is 0. The number of aromatic hydroxyl groups is 1. The van der Waals surface area contributed by atoms with E-state index in [1.54, 1.807) is 12.1 Å². The van der Waals surface area contributed by atoms with Gasteiger partial charge in [0.25, 0.3) is 0 Å². The Balaban J connectivity index is 2.89. The smallest absolute Gasteiger partial charge is 0.115 e. The Hall–Kier alpha value is -1.02. The molecule has 1 aromatic rings. The Labute approximate surface area is 68.6 Å². The summed E-state index contributed by atoms with van der Waals surface area (Å²) in [5.41, 5.74) is 2.02. The Bertz CT molecular complexity index is 240. The van der Waals surface area contributed by atoms with Crippen LogP contribution >= 0.6 is 0 Å². The number of rotatable bonds is 2. The van der Waals surface area contributed by atoms with Crippen molar-refractivity contribution in [1.82, 2.24) is 0 Å². The van der Waals surface area contributed by atoms with Crippen molar-refractivity contribution in [2.75, 3.05) is 0 Å². The van der Waals surface area contributed by atoms with Gasteiger partial charge in [-0.1, -0.05) is 23.9 Å². The lowest BCUT2D eigenvalue weighted by molar-refractivity contribution is 0.475. The van der Waals surface area contributed by atoms with Gasteiger partial charge in [-0.05, 0) is 12.1 Å². The number of phenols is 1. The highest BCUT2D eigenvalue weighted by Gasteiger charge is 2.00. The van der Waals surface area contributed by atoms with Crippen LogP contribution in [0.25, 0.3) is 0 Å². The molecule has 0 aliphatic rings. The third kappa shape index (κ3) is 1.95. The highest BCUT2D eigenvalue weighted by molar-refractivity contribution is 6.76. The van der Waals surface area contributed by atoms with Gasteiger partial charge < -0.3 is 5.11 Å². The van der Waals surface area contributed by atoms with Gasteiger partial charge in [0.1, 0.15) is 5.75 Å². The summed E-state index contributed by atoms with van der Waals surface area (Å²) in [7, 11) is -0.907. The molecule has 1 N–H and O–H groups in total. The summed E-state index contributed by atoms with van der Waals surface area (Å²) in [5, 5.41) is 10.3. The molecule has 0 spiro atoms. The van der Waals surface area contributed by atoms with Crippen LogP contribution in [0.3, 0.4) is 0 Å². The van der Waals surface area contributed by atoms with E-state index in [9.17, 15) is 0 Å². The van der Waals surface area contributed by atoms with Gasteiger partial charge in [0.05, 0.1) is 8.80 Å². The monoisotopic (exact) mass is 164 g/mol. The van der Waals surface area contributed by atoms with Gasteiger partial charge in [0, 0.05) is 0 Å². The van der Waals surface area contributed by atoms with Gasteiger partial charge in [-0.3, -0.25) is 0 Å². The third-order valence-corrected chi connectivity index (χ3v) is 3.92. The Morgan fingerprint density at radius 2 is 1.91 bits per heavy atom. The molecule has 2 heteroatoms. The fraction of sp³-hybridized carbons (Fsp3) is 0.111. The van der Waals surface area contributed by atoms with Crippen molar-refractivity contribution < 1.29 is 5.11 Å². The largest absolute Gasteiger partial charge is 0.508 e. The number of benzene rings is 1. The maximum atomic E-state index is 9.00. The van der Waals surface area contributed by atoms with Crippen LogP contribution in [0.5, 0.6) is 5.75 Å². The summed E-state index contributed by atoms with van der Waals surface area (Å²) >= 11 is 0. The predicted octanol–water partition coefficient (Wildman–Crippen LogP) is 1.18. The molecule has 1 nitrogen and oxygen atoms in total. The molecule has 0 bridgehead atoms. The molecule has 58 valence electrons. The highest BCUT2D eigenvalue weighted by atomic mass is 28.3. The molecule has 0 saturated heterocycles. The molecule has 0 radical (unpaired) electrons. The lowest BCUT2D eigenvalue weighted by atomic mass is 10.3. The number of hydrogen-bond acceptors (Lipinski definition) is 1. The molecule has 1 unspecified atom stereocenters. The molecule has 0 aliphatic heterocycles. The van der Waals surface area contributed by atoms with Crippen LogP contribution in [0.2, 0.25) is 6.55 Å². The van der Waals surface area contributed by atoms with E-state index in [0.29, 0.717) is 5.75 Å². The average Bonchev–Trinajstić information content (AvgIpc) is 2.05. The van der Waals surface area contributed by atoms with E-state index in [1.165, 1.54) is 5.19 Å². The van der Waals surface area contributed by atoms with Crippen molar-refractivity contribution in [3.8, 4) is 5.75 Å². The Morgan fingerprint density at radius 3 is 2.36 bits per heavy atom. The van der Waals surface area contributed by atoms with Gasteiger partial charge >= 0.3 is 0 Å². The minimum Gasteiger partial charge on any atom is -0.508 e. The fourth-order valence-corrected chi connectivity index (χ4v) is 1.99. The number of phenolic OH excluding ortho intramolecular Hbond substituents is 1. The third-order valence-electron chi connectivity index (χ3n) is 1.77. The van der Waals surface area contributed by atoms with Gasteiger partial charge in [-0.15, -0.1) is 12.3 Å². The summed E-state index contributed by atoms with van der Waals surface area (Å²) in [4.78, 5) is 0. The van der Waals surface area contributed by atoms with Gasteiger partial charge in [0.2, 0.25) is 0 Å². The van der Waals surface area contributed by atoms with Crippen molar-refractivity contribution >= 4 is 14.0 Å². The molecule has 0 fully saturated rings. The SMILES string of the molecule is C=C[SiH](C)c1ccc(O)cc1. The lowest BCUT2D eigenvalue weighted by Crippen LogP contribution is -2.23. The first-order valence-corrected chi connectivity index (χ1v) is 6.05. The molecule has 0 amide bonds. The maximum Gasteiger partial charge on any atom is 0.115 e. The minimum absolute atomic E-state index is 0.332. The van der Waals surface area contributed by atoms with Crippen LogP contribution in [0.15, 0.2) is 36.5 Å². The molecule has 0 aliphatic carbocycles. The quantitative estimate of drug-likeness (QED) is 0.651. The topological polar surface area (TPSA) is 20.2 Å². The van der Waals surface area contributed by atoms with E-state index in [0.717, 1.165) is 0 Å². The Morgan fingerprint density at radius 1 is 1.36 bits per heavy atom. The standard InChI is InChI=1S/C9H12OSi/c1-3-11(2)9-6-4-8(10)5-7-9/h3-7,10-11H,1H2,2H3. The van der Waals surface area contributed by atoms with Crippen LogP contribution < -0.4 is 5.19 Å². The summed E-state index contributed by atoms with van der Waals surface area (Å²) in [5.74, 6) is 0.332. The van der Waals surface area contributed by atoms with Crippen LogP contribution in [-0.2, 0) is 0 Å². The van der Waals surface area contributed by atoms with Crippen LogP contribution in [0.4, 0.5) is 0 Å². The zero-order valence-corrected chi connectivity index (χ0v) is 7.77. The van der Waals surface area contributed by atoms with Gasteiger partial charge in [0.15, 0.2) is 0 Å². The summed E-state index contributed by atoms with van der Waals surface area (Å²) in [6.07, 6.45) is 0. The van der Waals surface area contributed by atoms with E-state index in [1.807, 2.05) is 17.8 Å². The first-order chi connectivity index (χ1) is 5.24. The minimum atomic E-state index is -0.907. The molecule has 11 heavy (non-hydrogen) atoms. The summed E-state index contributed by atoms with van der Waals surface area (Å²) in [6.45, 7) is 5.97. The molecular formula is C9H12OSi. The van der Waals surface area contributed by atoms with Gasteiger partial charge in [-0.2, -0.15) is 0 Å². The number of hydrogen-bond donors (Lipinski definition) is 1. The fourth-order valence-electron chi connectivity index (χ4n) is 0.914. The van der Waals surface area contributed by atoms with Crippen LogP contribution in [0, 0.1) is 0 Å². The molecule has 0 heterocycles. The summed E-state index contributed by atoms with van der Waals surface area (Å²) in [6, 6.07) is 7.38. The van der Waals surface area contributed by atoms with Crippen molar-refractivity contribution in [1.29, 1.82) is 0 Å². The molecular weight excluding hydrogens is 152 g/mol. The first-order valence-electron chi connectivity index (χ1n) is 3.65. The molecule has 0 aromatic heterocycles. The van der Waals surface area contributed by atoms with E-state index in [-0.39, 0.29) is 0 Å². The van der Waals surface area contributed by atoms with E-state index in [2.05, 4.69) is 13.1 Å². The second-order valence-corrected chi connectivity index (χ2v) is 5.33. The lowest BCUT2D eigenvalue weighted by Gasteiger charge is -2.03. The van der Waals surface area contributed by atoms with Crippen LogP contribution in [0.1, 0.15) is 0 Å². The average molecular weight is 164 g/mol. The highest BCUT2D eigenvalue weighted by Crippen LogP contribution is 2.03. The van der Waals surface area contributed by atoms with Crippen molar-refractivity contribution in [3.05, 3.63) is 36.5 Å². The molecule has 1 rings (SSSR count).